The minimum atomic E-state index is -0.0740. The molecule has 19 heavy (non-hydrogen) atoms. The van der Waals surface area contributed by atoms with Crippen LogP contribution in [0.15, 0.2) is 54.6 Å². The molecule has 0 aliphatic carbocycles. The Kier molecular flexibility index (Phi) is 3.99. The average molecular weight is 250 g/mol. The molecule has 1 atom stereocenters. The van der Waals surface area contributed by atoms with Crippen molar-refractivity contribution >= 4 is 0 Å². The summed E-state index contributed by atoms with van der Waals surface area (Å²) in [7, 11) is 0. The summed E-state index contributed by atoms with van der Waals surface area (Å²) in [5, 5.41) is 8.82. The Morgan fingerprint density at radius 3 is 2.21 bits per heavy atom. The van der Waals surface area contributed by atoms with Gasteiger partial charge in [-0.15, -0.1) is 0 Å². The highest BCUT2D eigenvalue weighted by Crippen LogP contribution is 2.27. The number of benzene rings is 2. The molecule has 0 amide bonds. The predicted octanol–water partition coefficient (Wildman–Crippen LogP) is 3.02. The molecule has 0 aliphatic rings. The third kappa shape index (κ3) is 3.01. The van der Waals surface area contributed by atoms with Crippen molar-refractivity contribution in [2.45, 2.75) is 18.8 Å². The van der Waals surface area contributed by atoms with Crippen LogP contribution in [-0.2, 0) is 11.8 Å². The number of nitriles is 1. The molecule has 0 radical (unpaired) electrons. The lowest BCUT2D eigenvalue weighted by Gasteiger charge is -2.29. The summed E-state index contributed by atoms with van der Waals surface area (Å²) in [6.45, 7) is 2.78. The molecule has 2 aromatic carbocycles. The van der Waals surface area contributed by atoms with E-state index in [-0.39, 0.29) is 5.41 Å². The van der Waals surface area contributed by atoms with Crippen LogP contribution < -0.4 is 5.73 Å². The van der Waals surface area contributed by atoms with Crippen molar-refractivity contribution in [2.75, 3.05) is 6.54 Å². The van der Waals surface area contributed by atoms with Gasteiger partial charge in [-0.05, 0) is 29.7 Å². The van der Waals surface area contributed by atoms with Crippen LogP contribution in [0.5, 0.6) is 0 Å². The number of hydrogen-bond donors (Lipinski definition) is 1. The summed E-state index contributed by atoms with van der Waals surface area (Å²) in [5.74, 6) is 0. The molecule has 0 aromatic heterocycles. The van der Waals surface area contributed by atoms with Gasteiger partial charge in [-0.2, -0.15) is 5.26 Å². The van der Waals surface area contributed by atoms with Crippen LogP contribution in [0.3, 0.4) is 0 Å². The molecule has 0 fully saturated rings. The molecular formula is C17H18N2. The molecule has 2 rings (SSSR count). The predicted molar refractivity (Wildman–Crippen MR) is 77.7 cm³/mol. The molecule has 0 saturated heterocycles. The van der Waals surface area contributed by atoms with Gasteiger partial charge in [0.25, 0.3) is 0 Å². The summed E-state index contributed by atoms with van der Waals surface area (Å²) in [6, 6.07) is 20.2. The lowest BCUT2D eigenvalue weighted by Crippen LogP contribution is -2.34. The Morgan fingerprint density at radius 2 is 1.68 bits per heavy atom. The van der Waals surface area contributed by atoms with Crippen LogP contribution in [-0.4, -0.2) is 6.54 Å². The summed E-state index contributed by atoms with van der Waals surface area (Å²) in [4.78, 5) is 0. The van der Waals surface area contributed by atoms with E-state index in [9.17, 15) is 0 Å². The van der Waals surface area contributed by atoms with Crippen molar-refractivity contribution in [1.29, 1.82) is 5.26 Å². The van der Waals surface area contributed by atoms with E-state index in [4.69, 9.17) is 11.0 Å². The first-order chi connectivity index (χ1) is 9.18. The average Bonchev–Trinajstić information content (AvgIpc) is 2.49. The van der Waals surface area contributed by atoms with Gasteiger partial charge in [-0.1, -0.05) is 49.4 Å². The fourth-order valence-corrected chi connectivity index (χ4v) is 2.28. The van der Waals surface area contributed by atoms with Crippen molar-refractivity contribution in [3.63, 3.8) is 0 Å². The number of rotatable bonds is 4. The van der Waals surface area contributed by atoms with Gasteiger partial charge < -0.3 is 5.73 Å². The summed E-state index contributed by atoms with van der Waals surface area (Å²) < 4.78 is 0. The SMILES string of the molecule is CC(CN)(Cc1ccc(C#N)cc1)c1ccccc1. The molecule has 2 heteroatoms. The van der Waals surface area contributed by atoms with E-state index in [1.807, 2.05) is 42.5 Å². The highest BCUT2D eigenvalue weighted by molar-refractivity contribution is 5.34. The topological polar surface area (TPSA) is 49.8 Å². The van der Waals surface area contributed by atoms with Crippen LogP contribution in [0.25, 0.3) is 0 Å². The van der Waals surface area contributed by atoms with Gasteiger partial charge in [0.1, 0.15) is 0 Å². The number of hydrogen-bond acceptors (Lipinski definition) is 2. The largest absolute Gasteiger partial charge is 0.330 e. The molecule has 2 aromatic rings. The zero-order chi connectivity index (χ0) is 13.7. The second-order valence-electron chi connectivity index (χ2n) is 5.12. The molecule has 0 bridgehead atoms. The van der Waals surface area contributed by atoms with Crippen LogP contribution >= 0.6 is 0 Å². The fourth-order valence-electron chi connectivity index (χ4n) is 2.28. The third-order valence-electron chi connectivity index (χ3n) is 3.60. The smallest absolute Gasteiger partial charge is 0.0991 e. The molecule has 0 aliphatic heterocycles. The van der Waals surface area contributed by atoms with Gasteiger partial charge in [0, 0.05) is 12.0 Å². The summed E-state index contributed by atoms with van der Waals surface area (Å²) in [5.41, 5.74) is 9.07. The first kappa shape index (κ1) is 13.3. The second kappa shape index (κ2) is 5.69. The van der Waals surface area contributed by atoms with E-state index in [0.717, 1.165) is 6.42 Å². The van der Waals surface area contributed by atoms with Gasteiger partial charge >= 0.3 is 0 Å². The second-order valence-corrected chi connectivity index (χ2v) is 5.12. The van der Waals surface area contributed by atoms with Gasteiger partial charge in [0.2, 0.25) is 0 Å². The van der Waals surface area contributed by atoms with Crippen LogP contribution in [0, 0.1) is 11.3 Å². The minimum Gasteiger partial charge on any atom is -0.330 e. The van der Waals surface area contributed by atoms with Crippen LogP contribution in [0.1, 0.15) is 23.6 Å². The first-order valence-electron chi connectivity index (χ1n) is 6.42. The molecule has 2 nitrogen and oxygen atoms in total. The molecule has 2 N–H and O–H groups in total. The molecule has 0 saturated carbocycles. The minimum absolute atomic E-state index is 0.0740. The standard InChI is InChI=1S/C17H18N2/c1-17(13-19,16-5-3-2-4-6-16)11-14-7-9-15(12-18)10-8-14/h2-10H,11,13,19H2,1H3. The first-order valence-corrected chi connectivity index (χ1v) is 6.42. The quantitative estimate of drug-likeness (QED) is 0.906. The lowest BCUT2D eigenvalue weighted by atomic mass is 9.77. The normalized spacial score (nSPS) is 13.5. The highest BCUT2D eigenvalue weighted by atomic mass is 14.6. The fraction of sp³-hybridized carbons (Fsp3) is 0.235. The molecule has 0 heterocycles. The maximum absolute atomic E-state index is 8.82. The lowest BCUT2D eigenvalue weighted by molar-refractivity contribution is 0.481. The van der Waals surface area contributed by atoms with E-state index in [0.29, 0.717) is 12.1 Å². The Morgan fingerprint density at radius 1 is 1.05 bits per heavy atom. The van der Waals surface area contributed by atoms with Crippen molar-refractivity contribution in [3.8, 4) is 6.07 Å². The summed E-state index contributed by atoms with van der Waals surface area (Å²) in [6.07, 6.45) is 0.874. The Hall–Kier alpha value is -2.11. The van der Waals surface area contributed by atoms with Gasteiger partial charge in [-0.25, -0.2) is 0 Å². The highest BCUT2D eigenvalue weighted by Gasteiger charge is 2.25. The van der Waals surface area contributed by atoms with E-state index in [1.54, 1.807) is 0 Å². The van der Waals surface area contributed by atoms with E-state index in [1.165, 1.54) is 11.1 Å². The number of nitrogens with two attached hydrogens (primary N) is 1. The maximum atomic E-state index is 8.82. The van der Waals surface area contributed by atoms with Crippen molar-refractivity contribution in [1.82, 2.24) is 0 Å². The van der Waals surface area contributed by atoms with Gasteiger partial charge in [-0.3, -0.25) is 0 Å². The molecular weight excluding hydrogens is 232 g/mol. The third-order valence-corrected chi connectivity index (χ3v) is 3.60. The van der Waals surface area contributed by atoms with E-state index in [2.05, 4.69) is 25.1 Å². The van der Waals surface area contributed by atoms with Crippen molar-refractivity contribution in [3.05, 3.63) is 71.3 Å². The molecule has 96 valence electrons. The number of nitrogens with zero attached hydrogens (tertiary/aromatic N) is 1. The van der Waals surface area contributed by atoms with Gasteiger partial charge in [0.05, 0.1) is 11.6 Å². The Balaban J connectivity index is 2.25. The monoisotopic (exact) mass is 250 g/mol. The maximum Gasteiger partial charge on any atom is 0.0991 e. The zero-order valence-electron chi connectivity index (χ0n) is 11.1. The summed E-state index contributed by atoms with van der Waals surface area (Å²) >= 11 is 0. The molecule has 1 unspecified atom stereocenters. The Bertz CT molecular complexity index is 566. The zero-order valence-corrected chi connectivity index (χ0v) is 11.1. The van der Waals surface area contributed by atoms with E-state index >= 15 is 0 Å². The van der Waals surface area contributed by atoms with E-state index < -0.39 is 0 Å². The van der Waals surface area contributed by atoms with Crippen molar-refractivity contribution < 1.29 is 0 Å². The van der Waals surface area contributed by atoms with Crippen LogP contribution in [0.4, 0.5) is 0 Å². The van der Waals surface area contributed by atoms with Crippen molar-refractivity contribution in [2.24, 2.45) is 5.73 Å². The van der Waals surface area contributed by atoms with Crippen LogP contribution in [0.2, 0.25) is 0 Å². The molecule has 0 spiro atoms. The van der Waals surface area contributed by atoms with Gasteiger partial charge in [0.15, 0.2) is 0 Å². The Labute approximate surface area is 114 Å².